The molecule has 0 spiro atoms. The molecule has 1 aromatic carbocycles. The standard InChI is InChI=1S/C18H20FN3O3/c1-2-21-10-13(9-20-21)17(24)18(25)22(15-7-8-15)11-16(23)12-3-5-14(19)6-4-12/h3-6,9-10,15-16,23H,2,7-8,11H2,1H3. The van der Waals surface area contributed by atoms with Gasteiger partial charge in [-0.25, -0.2) is 4.39 Å². The molecule has 132 valence electrons. The number of aliphatic hydroxyl groups is 1. The van der Waals surface area contributed by atoms with Crippen molar-refractivity contribution < 1.29 is 19.1 Å². The number of rotatable bonds is 7. The molecule has 0 aliphatic heterocycles. The fourth-order valence-corrected chi connectivity index (χ4v) is 2.67. The van der Waals surface area contributed by atoms with Crippen molar-refractivity contribution in [3.63, 3.8) is 0 Å². The van der Waals surface area contributed by atoms with E-state index in [0.29, 0.717) is 12.1 Å². The number of aryl methyl sites for hydroxylation is 1. The van der Waals surface area contributed by atoms with Gasteiger partial charge in [0, 0.05) is 18.8 Å². The van der Waals surface area contributed by atoms with Gasteiger partial charge in [0.05, 0.1) is 24.4 Å². The van der Waals surface area contributed by atoms with E-state index in [0.717, 1.165) is 12.8 Å². The number of hydrogen-bond donors (Lipinski definition) is 1. The number of aliphatic hydroxyl groups excluding tert-OH is 1. The third kappa shape index (κ3) is 3.93. The molecule has 1 N–H and O–H groups in total. The van der Waals surface area contributed by atoms with Crippen LogP contribution in [0.2, 0.25) is 0 Å². The van der Waals surface area contributed by atoms with Crippen LogP contribution in [0.25, 0.3) is 0 Å². The van der Waals surface area contributed by atoms with Gasteiger partial charge >= 0.3 is 0 Å². The predicted molar refractivity (Wildman–Crippen MR) is 88.3 cm³/mol. The highest BCUT2D eigenvalue weighted by Crippen LogP contribution is 2.29. The van der Waals surface area contributed by atoms with Crippen LogP contribution in [0.15, 0.2) is 36.7 Å². The first-order valence-electron chi connectivity index (χ1n) is 8.31. The second-order valence-electron chi connectivity index (χ2n) is 6.17. The molecule has 0 bridgehead atoms. The molecule has 1 aliphatic rings. The maximum Gasteiger partial charge on any atom is 0.295 e. The van der Waals surface area contributed by atoms with Gasteiger partial charge in [0.2, 0.25) is 0 Å². The van der Waals surface area contributed by atoms with Gasteiger partial charge in [-0.3, -0.25) is 14.3 Å². The minimum atomic E-state index is -0.976. The first-order valence-corrected chi connectivity index (χ1v) is 8.31. The minimum absolute atomic E-state index is 0.00277. The largest absolute Gasteiger partial charge is 0.387 e. The number of benzene rings is 1. The van der Waals surface area contributed by atoms with Crippen molar-refractivity contribution in [1.29, 1.82) is 0 Å². The molecule has 7 heteroatoms. The molecule has 1 amide bonds. The van der Waals surface area contributed by atoms with Crippen LogP contribution in [0, 0.1) is 5.82 Å². The van der Waals surface area contributed by atoms with E-state index in [1.807, 2.05) is 6.92 Å². The summed E-state index contributed by atoms with van der Waals surface area (Å²) < 4.78 is 14.6. The third-order valence-corrected chi connectivity index (χ3v) is 4.29. The molecule has 1 aromatic heterocycles. The Morgan fingerprint density at radius 1 is 1.36 bits per heavy atom. The molecular weight excluding hydrogens is 325 g/mol. The lowest BCUT2D eigenvalue weighted by atomic mass is 10.1. The van der Waals surface area contributed by atoms with Crippen LogP contribution < -0.4 is 0 Å². The first kappa shape index (κ1) is 17.3. The number of halogens is 1. The number of ketones is 1. The predicted octanol–water partition coefficient (Wildman–Crippen LogP) is 1.95. The second kappa shape index (κ2) is 7.14. The van der Waals surface area contributed by atoms with Gasteiger partial charge in [-0.05, 0) is 37.5 Å². The summed E-state index contributed by atoms with van der Waals surface area (Å²) in [5, 5.41) is 14.4. The molecule has 1 heterocycles. The number of hydrogen-bond acceptors (Lipinski definition) is 4. The van der Waals surface area contributed by atoms with E-state index in [1.165, 1.54) is 35.4 Å². The SMILES string of the molecule is CCn1cc(C(=O)C(=O)N(CC(O)c2ccc(F)cc2)C2CC2)cn1. The zero-order valence-corrected chi connectivity index (χ0v) is 13.9. The third-order valence-electron chi connectivity index (χ3n) is 4.29. The quantitative estimate of drug-likeness (QED) is 0.615. The Bertz CT molecular complexity index is 768. The summed E-state index contributed by atoms with van der Waals surface area (Å²) in [5.41, 5.74) is 0.750. The van der Waals surface area contributed by atoms with E-state index < -0.39 is 23.6 Å². The van der Waals surface area contributed by atoms with Gasteiger partial charge < -0.3 is 10.0 Å². The van der Waals surface area contributed by atoms with E-state index in [1.54, 1.807) is 10.9 Å². The van der Waals surface area contributed by atoms with E-state index >= 15 is 0 Å². The molecule has 1 atom stereocenters. The first-order chi connectivity index (χ1) is 12.0. The number of Topliss-reactive ketones (excluding diaryl/α,β-unsaturated/α-hetero) is 1. The molecule has 0 saturated heterocycles. The summed E-state index contributed by atoms with van der Waals surface area (Å²) >= 11 is 0. The monoisotopic (exact) mass is 345 g/mol. The highest BCUT2D eigenvalue weighted by atomic mass is 19.1. The van der Waals surface area contributed by atoms with Gasteiger partial charge in [-0.2, -0.15) is 5.10 Å². The molecule has 6 nitrogen and oxygen atoms in total. The Morgan fingerprint density at radius 2 is 2.04 bits per heavy atom. The summed E-state index contributed by atoms with van der Waals surface area (Å²) in [6.07, 6.45) is 3.57. The Hall–Kier alpha value is -2.54. The van der Waals surface area contributed by atoms with Crippen LogP contribution in [0.5, 0.6) is 0 Å². The van der Waals surface area contributed by atoms with Gasteiger partial charge in [0.15, 0.2) is 0 Å². The topological polar surface area (TPSA) is 75.4 Å². The maximum absolute atomic E-state index is 13.0. The van der Waals surface area contributed by atoms with Gasteiger partial charge in [0.25, 0.3) is 11.7 Å². The summed E-state index contributed by atoms with van der Waals surface area (Å²) in [5.74, 6) is -1.66. The lowest BCUT2D eigenvalue weighted by molar-refractivity contribution is -0.128. The average Bonchev–Trinajstić information content (AvgIpc) is 3.35. The fourth-order valence-electron chi connectivity index (χ4n) is 2.67. The Kier molecular flexibility index (Phi) is 4.94. The number of carbonyl (C=O) groups is 2. The van der Waals surface area contributed by atoms with E-state index in [-0.39, 0.29) is 18.2 Å². The van der Waals surface area contributed by atoms with Crippen LogP contribution in [0.1, 0.15) is 41.8 Å². The summed E-state index contributed by atoms with van der Waals surface area (Å²) in [4.78, 5) is 26.5. The van der Waals surface area contributed by atoms with Crippen LogP contribution in [-0.2, 0) is 11.3 Å². The van der Waals surface area contributed by atoms with Crippen LogP contribution in [0.3, 0.4) is 0 Å². The fraction of sp³-hybridized carbons (Fsp3) is 0.389. The molecule has 1 saturated carbocycles. The van der Waals surface area contributed by atoms with E-state index in [4.69, 9.17) is 0 Å². The zero-order valence-electron chi connectivity index (χ0n) is 13.9. The highest BCUT2D eigenvalue weighted by Gasteiger charge is 2.37. The van der Waals surface area contributed by atoms with Crippen molar-refractivity contribution >= 4 is 11.7 Å². The zero-order chi connectivity index (χ0) is 18.0. The lowest BCUT2D eigenvalue weighted by Crippen LogP contribution is -2.40. The Morgan fingerprint density at radius 3 is 2.60 bits per heavy atom. The summed E-state index contributed by atoms with van der Waals surface area (Å²) in [6.45, 7) is 2.50. The van der Waals surface area contributed by atoms with Gasteiger partial charge in [0.1, 0.15) is 5.82 Å². The van der Waals surface area contributed by atoms with Gasteiger partial charge in [-0.1, -0.05) is 12.1 Å². The smallest absolute Gasteiger partial charge is 0.295 e. The average molecular weight is 345 g/mol. The van der Waals surface area contributed by atoms with Crippen molar-refractivity contribution in [3.05, 3.63) is 53.6 Å². The molecule has 1 aliphatic carbocycles. The molecular formula is C18H20FN3O3. The molecule has 2 aromatic rings. The second-order valence-corrected chi connectivity index (χ2v) is 6.17. The molecule has 3 rings (SSSR count). The molecule has 0 radical (unpaired) electrons. The molecule has 1 unspecified atom stereocenters. The molecule has 1 fully saturated rings. The van der Waals surface area contributed by atoms with Crippen molar-refractivity contribution in [2.75, 3.05) is 6.54 Å². The maximum atomic E-state index is 13.0. The van der Waals surface area contributed by atoms with Crippen LogP contribution in [-0.4, -0.2) is 44.1 Å². The number of amides is 1. The van der Waals surface area contributed by atoms with Gasteiger partial charge in [-0.15, -0.1) is 0 Å². The number of nitrogens with zero attached hydrogens (tertiary/aromatic N) is 3. The summed E-state index contributed by atoms with van der Waals surface area (Å²) in [7, 11) is 0. The van der Waals surface area contributed by atoms with E-state index in [9.17, 15) is 19.1 Å². The summed E-state index contributed by atoms with van der Waals surface area (Å²) in [6, 6.07) is 5.43. The Balaban J connectivity index is 1.73. The van der Waals surface area contributed by atoms with Crippen molar-refractivity contribution in [2.24, 2.45) is 0 Å². The highest BCUT2D eigenvalue weighted by molar-refractivity contribution is 6.42. The number of carbonyl (C=O) groups excluding carboxylic acids is 2. The van der Waals surface area contributed by atoms with Crippen LogP contribution in [0.4, 0.5) is 4.39 Å². The van der Waals surface area contributed by atoms with Crippen LogP contribution >= 0.6 is 0 Å². The Labute approximate surface area is 144 Å². The number of aromatic nitrogens is 2. The van der Waals surface area contributed by atoms with Crippen molar-refractivity contribution in [1.82, 2.24) is 14.7 Å². The van der Waals surface area contributed by atoms with E-state index in [2.05, 4.69) is 5.10 Å². The van der Waals surface area contributed by atoms with Crippen molar-refractivity contribution in [3.8, 4) is 0 Å². The minimum Gasteiger partial charge on any atom is -0.387 e. The lowest BCUT2D eigenvalue weighted by Gasteiger charge is -2.24. The van der Waals surface area contributed by atoms with Crippen molar-refractivity contribution in [2.45, 2.75) is 38.5 Å². The normalized spacial score (nSPS) is 15.0. The molecule has 25 heavy (non-hydrogen) atoms.